The summed E-state index contributed by atoms with van der Waals surface area (Å²) in [5.74, 6) is 0. The summed E-state index contributed by atoms with van der Waals surface area (Å²) in [6, 6.07) is 72.6. The van der Waals surface area contributed by atoms with Gasteiger partial charge in [0, 0.05) is 33.5 Å². The van der Waals surface area contributed by atoms with Crippen LogP contribution in [0.1, 0.15) is 23.6 Å². The van der Waals surface area contributed by atoms with Crippen LogP contribution in [0.4, 0.5) is 17.1 Å². The second-order valence-electron chi connectivity index (χ2n) is 14.9. The molecule has 0 N–H and O–H groups in total. The standard InChI is InChI=1S/C56H42N2/c1-3-4-7-18-40(2)56(52-26-15-12-23-48(52)49-24-13-16-27-53(49)56)43-31-35-46(36-32-43)57(45-33-29-42(30-34-45)41-19-8-5-9-20-41)47-37-38-55-51(39-47)50-25-14-17-28-54(50)58(55)44-21-10-6-11-22-44/h3-39H,2H2,1H3/b4-3-,18-7-. The van der Waals surface area contributed by atoms with E-state index in [4.69, 9.17) is 6.58 Å². The Balaban J connectivity index is 1.15. The molecule has 1 aromatic heterocycles. The highest BCUT2D eigenvalue weighted by Gasteiger charge is 2.45. The lowest BCUT2D eigenvalue weighted by Gasteiger charge is -2.34. The zero-order valence-electron chi connectivity index (χ0n) is 32.5. The first-order valence-electron chi connectivity index (χ1n) is 20.0. The highest BCUT2D eigenvalue weighted by atomic mass is 15.1. The van der Waals surface area contributed by atoms with Crippen LogP contribution in [0.2, 0.25) is 0 Å². The molecule has 10 rings (SSSR count). The summed E-state index contributed by atoms with van der Waals surface area (Å²) in [6.07, 6.45) is 8.41. The number of hydrogen-bond acceptors (Lipinski definition) is 1. The van der Waals surface area contributed by atoms with Crippen molar-refractivity contribution in [3.63, 3.8) is 0 Å². The van der Waals surface area contributed by atoms with Crippen molar-refractivity contribution in [1.82, 2.24) is 4.57 Å². The van der Waals surface area contributed by atoms with E-state index >= 15 is 0 Å². The van der Waals surface area contributed by atoms with Gasteiger partial charge in [-0.15, -0.1) is 0 Å². The first-order valence-corrected chi connectivity index (χ1v) is 20.0. The van der Waals surface area contributed by atoms with Crippen molar-refractivity contribution >= 4 is 38.9 Å². The molecule has 0 fully saturated rings. The van der Waals surface area contributed by atoms with Gasteiger partial charge in [-0.2, -0.15) is 0 Å². The highest BCUT2D eigenvalue weighted by molar-refractivity contribution is 6.10. The van der Waals surface area contributed by atoms with E-state index in [1.54, 1.807) is 0 Å². The molecule has 2 nitrogen and oxygen atoms in total. The van der Waals surface area contributed by atoms with E-state index < -0.39 is 5.41 Å². The van der Waals surface area contributed by atoms with Gasteiger partial charge in [-0.1, -0.05) is 170 Å². The number of rotatable bonds is 9. The molecule has 0 atom stereocenters. The van der Waals surface area contributed by atoms with Gasteiger partial charge in [0.2, 0.25) is 0 Å². The van der Waals surface area contributed by atoms with Crippen LogP contribution in [0.15, 0.2) is 237 Å². The van der Waals surface area contributed by atoms with Crippen LogP contribution in [0.25, 0.3) is 49.7 Å². The first-order chi connectivity index (χ1) is 28.7. The summed E-state index contributed by atoms with van der Waals surface area (Å²) in [7, 11) is 0. The molecule has 276 valence electrons. The van der Waals surface area contributed by atoms with Crippen LogP contribution in [0, 0.1) is 0 Å². The maximum absolute atomic E-state index is 4.79. The van der Waals surface area contributed by atoms with E-state index in [0.717, 1.165) is 28.3 Å². The summed E-state index contributed by atoms with van der Waals surface area (Å²) < 4.78 is 2.37. The van der Waals surface area contributed by atoms with Crippen LogP contribution in [0.3, 0.4) is 0 Å². The zero-order chi connectivity index (χ0) is 39.1. The fourth-order valence-electron chi connectivity index (χ4n) is 9.18. The van der Waals surface area contributed by atoms with Crippen molar-refractivity contribution in [1.29, 1.82) is 0 Å². The second kappa shape index (κ2) is 14.6. The van der Waals surface area contributed by atoms with Gasteiger partial charge >= 0.3 is 0 Å². The quantitative estimate of drug-likeness (QED) is 0.134. The van der Waals surface area contributed by atoms with Crippen molar-refractivity contribution < 1.29 is 0 Å². The summed E-state index contributed by atoms with van der Waals surface area (Å²) in [5.41, 5.74) is 15.8. The van der Waals surface area contributed by atoms with Gasteiger partial charge in [0.25, 0.3) is 0 Å². The third kappa shape index (κ3) is 5.64. The summed E-state index contributed by atoms with van der Waals surface area (Å²) in [5, 5.41) is 2.43. The number of allylic oxidation sites excluding steroid dienone is 5. The van der Waals surface area contributed by atoms with E-state index in [2.05, 4.69) is 234 Å². The molecule has 0 saturated carbocycles. The number of aromatic nitrogens is 1. The molecular weight excluding hydrogens is 701 g/mol. The van der Waals surface area contributed by atoms with Crippen LogP contribution in [-0.4, -0.2) is 4.57 Å². The lowest BCUT2D eigenvalue weighted by molar-refractivity contribution is 0.770. The van der Waals surface area contributed by atoms with Crippen molar-refractivity contribution in [2.75, 3.05) is 4.90 Å². The van der Waals surface area contributed by atoms with Crippen molar-refractivity contribution in [3.05, 3.63) is 253 Å². The average Bonchev–Trinajstić information content (AvgIpc) is 3.78. The molecule has 0 amide bonds. The first kappa shape index (κ1) is 35.0. The molecule has 58 heavy (non-hydrogen) atoms. The lowest BCUT2D eigenvalue weighted by Crippen LogP contribution is -2.28. The van der Waals surface area contributed by atoms with Gasteiger partial charge in [-0.05, 0) is 112 Å². The number of para-hydroxylation sites is 2. The molecule has 9 aromatic rings. The van der Waals surface area contributed by atoms with E-state index in [1.807, 2.05) is 6.92 Å². The number of hydrogen-bond donors (Lipinski definition) is 0. The van der Waals surface area contributed by atoms with E-state index in [1.165, 1.54) is 60.8 Å². The van der Waals surface area contributed by atoms with E-state index in [-0.39, 0.29) is 0 Å². The van der Waals surface area contributed by atoms with Crippen molar-refractivity contribution in [3.8, 4) is 27.9 Å². The van der Waals surface area contributed by atoms with Crippen LogP contribution >= 0.6 is 0 Å². The summed E-state index contributed by atoms with van der Waals surface area (Å²) in [4.78, 5) is 2.39. The molecule has 0 bridgehead atoms. The normalized spacial score (nSPS) is 13.0. The van der Waals surface area contributed by atoms with Gasteiger partial charge in [-0.25, -0.2) is 0 Å². The van der Waals surface area contributed by atoms with Gasteiger partial charge in [0.15, 0.2) is 0 Å². The Kier molecular flexibility index (Phi) is 8.81. The van der Waals surface area contributed by atoms with Crippen LogP contribution in [-0.2, 0) is 5.41 Å². The van der Waals surface area contributed by atoms with E-state index in [9.17, 15) is 0 Å². The molecule has 8 aromatic carbocycles. The molecule has 0 spiro atoms. The Bertz CT molecular complexity index is 2960. The molecule has 0 aliphatic heterocycles. The summed E-state index contributed by atoms with van der Waals surface area (Å²) >= 11 is 0. The maximum Gasteiger partial charge on any atom is 0.0707 e. The Hall–Kier alpha value is -7.42. The zero-order valence-corrected chi connectivity index (χ0v) is 32.5. The topological polar surface area (TPSA) is 8.17 Å². The second-order valence-corrected chi connectivity index (χ2v) is 14.9. The molecule has 0 saturated heterocycles. The van der Waals surface area contributed by atoms with Crippen molar-refractivity contribution in [2.24, 2.45) is 0 Å². The molecule has 0 radical (unpaired) electrons. The summed E-state index contributed by atoms with van der Waals surface area (Å²) in [6.45, 7) is 6.83. The highest BCUT2D eigenvalue weighted by Crippen LogP contribution is 2.56. The Morgan fingerprint density at radius 3 is 1.71 bits per heavy atom. The third-order valence-electron chi connectivity index (χ3n) is 11.8. The Morgan fingerprint density at radius 2 is 1.03 bits per heavy atom. The molecule has 1 aliphatic rings. The minimum Gasteiger partial charge on any atom is -0.310 e. The van der Waals surface area contributed by atoms with E-state index in [0.29, 0.717) is 0 Å². The van der Waals surface area contributed by atoms with Gasteiger partial charge in [0.05, 0.1) is 16.4 Å². The van der Waals surface area contributed by atoms with Crippen molar-refractivity contribution in [2.45, 2.75) is 12.3 Å². The third-order valence-corrected chi connectivity index (χ3v) is 11.8. The fraction of sp³-hybridized carbons (Fsp3) is 0.0357. The predicted octanol–water partition coefficient (Wildman–Crippen LogP) is 14.9. The van der Waals surface area contributed by atoms with Crippen LogP contribution in [0.5, 0.6) is 0 Å². The maximum atomic E-state index is 4.79. The minimum atomic E-state index is -0.551. The predicted molar refractivity (Wildman–Crippen MR) is 246 cm³/mol. The largest absolute Gasteiger partial charge is 0.310 e. The van der Waals surface area contributed by atoms with Gasteiger partial charge in [-0.3, -0.25) is 0 Å². The SMILES string of the molecule is C=C(/C=C\C=C/C)C1(c2ccc(N(c3ccc(-c4ccccc4)cc3)c3ccc4c(c3)c3ccccc3n4-c3ccccc3)cc2)c2ccccc2-c2ccccc21. The fourth-order valence-corrected chi connectivity index (χ4v) is 9.18. The van der Waals surface area contributed by atoms with Crippen LogP contribution < -0.4 is 4.90 Å². The smallest absolute Gasteiger partial charge is 0.0707 e. The molecular formula is C56H42N2. The number of anilines is 3. The lowest BCUT2D eigenvalue weighted by atomic mass is 9.67. The molecule has 2 heteroatoms. The van der Waals surface area contributed by atoms with Gasteiger partial charge in [0.1, 0.15) is 0 Å². The monoisotopic (exact) mass is 742 g/mol. The number of nitrogens with zero attached hydrogens (tertiary/aromatic N) is 2. The Morgan fingerprint density at radius 1 is 0.500 bits per heavy atom. The molecule has 1 heterocycles. The van der Waals surface area contributed by atoms with Gasteiger partial charge < -0.3 is 9.47 Å². The number of benzene rings is 8. The number of fused-ring (bicyclic) bond motifs is 6. The molecule has 1 aliphatic carbocycles. The molecule has 0 unspecified atom stereocenters. The average molecular weight is 743 g/mol. The minimum absolute atomic E-state index is 0.551. The Labute approximate surface area is 340 Å².